The van der Waals surface area contributed by atoms with Crippen LogP contribution >= 0.6 is 11.3 Å². The zero-order valence-corrected chi connectivity index (χ0v) is 23.6. The fraction of sp³-hybridized carbons (Fsp3) is 0.333. The van der Waals surface area contributed by atoms with Gasteiger partial charge in [-0.05, 0) is 85.8 Å². The van der Waals surface area contributed by atoms with Gasteiger partial charge in [0.2, 0.25) is 0 Å². The van der Waals surface area contributed by atoms with Crippen molar-refractivity contribution in [3.8, 4) is 5.75 Å². The van der Waals surface area contributed by atoms with Crippen LogP contribution < -0.4 is 10.3 Å². The van der Waals surface area contributed by atoms with E-state index < -0.39 is 6.04 Å². The standard InChI is InChI=1S/C30H34N6O2S/c1-5-38-23-13-14-26-22(18-23)19-25(29(37)31-26)27(28-32-33-34-36(28)30(2,3)4)35(20-24-12-9-17-39-24)16-15-21-10-7-6-8-11-21/h6-14,17-19,27H,5,15-16,20H2,1-4H3,(H,31,37). The largest absolute Gasteiger partial charge is 0.494 e. The van der Waals surface area contributed by atoms with E-state index in [1.807, 2.05) is 41.9 Å². The van der Waals surface area contributed by atoms with E-state index in [1.54, 1.807) is 11.3 Å². The highest BCUT2D eigenvalue weighted by atomic mass is 32.1. The number of hydrogen-bond donors (Lipinski definition) is 1. The van der Waals surface area contributed by atoms with Crippen LogP contribution in [0.15, 0.2) is 76.9 Å². The summed E-state index contributed by atoms with van der Waals surface area (Å²) in [5.41, 5.74) is 2.06. The fourth-order valence-corrected chi connectivity index (χ4v) is 5.55. The Balaban J connectivity index is 1.67. The number of thiophene rings is 1. The number of pyridine rings is 1. The number of tetrazole rings is 1. The molecule has 0 fully saturated rings. The predicted octanol–water partition coefficient (Wildman–Crippen LogP) is 5.56. The first-order valence-corrected chi connectivity index (χ1v) is 14.1. The van der Waals surface area contributed by atoms with Gasteiger partial charge in [0.1, 0.15) is 11.8 Å². The van der Waals surface area contributed by atoms with Crippen LogP contribution in [-0.2, 0) is 18.5 Å². The minimum Gasteiger partial charge on any atom is -0.494 e. The summed E-state index contributed by atoms with van der Waals surface area (Å²) in [4.78, 5) is 20.4. The number of ether oxygens (including phenoxy) is 1. The molecule has 0 aliphatic carbocycles. The average molecular weight is 543 g/mol. The summed E-state index contributed by atoms with van der Waals surface area (Å²) in [6, 6.07) is 21.8. The minimum absolute atomic E-state index is 0.156. The molecule has 0 amide bonds. The number of aromatic amines is 1. The molecule has 1 atom stereocenters. The molecular weight excluding hydrogens is 508 g/mol. The van der Waals surface area contributed by atoms with Gasteiger partial charge in [0.05, 0.1) is 12.1 Å². The van der Waals surface area contributed by atoms with Crippen molar-refractivity contribution in [3.05, 3.63) is 104 Å². The van der Waals surface area contributed by atoms with E-state index in [-0.39, 0.29) is 11.1 Å². The Hall–Kier alpha value is -3.82. The third-order valence-electron chi connectivity index (χ3n) is 6.66. The maximum absolute atomic E-state index is 13.7. The van der Waals surface area contributed by atoms with Crippen LogP contribution in [0.3, 0.4) is 0 Å². The Morgan fingerprint density at radius 2 is 1.90 bits per heavy atom. The predicted molar refractivity (Wildman–Crippen MR) is 155 cm³/mol. The topological polar surface area (TPSA) is 88.9 Å². The molecule has 1 unspecified atom stereocenters. The van der Waals surface area contributed by atoms with Gasteiger partial charge in [-0.1, -0.05) is 36.4 Å². The molecule has 3 heterocycles. The number of H-pyrrole nitrogens is 1. The SMILES string of the molecule is CCOc1ccc2[nH]c(=O)c(C(c3nnnn3C(C)(C)C)N(CCc3ccccc3)Cc3cccs3)cc2c1. The zero-order valence-electron chi connectivity index (χ0n) is 22.8. The normalized spacial score (nSPS) is 12.7. The number of hydrogen-bond acceptors (Lipinski definition) is 7. The smallest absolute Gasteiger partial charge is 0.253 e. The molecule has 0 saturated heterocycles. The molecule has 8 nitrogen and oxygen atoms in total. The van der Waals surface area contributed by atoms with Crippen LogP contribution in [0.5, 0.6) is 5.75 Å². The first-order valence-electron chi connectivity index (χ1n) is 13.2. The van der Waals surface area contributed by atoms with Crippen LogP contribution in [0.25, 0.3) is 10.9 Å². The van der Waals surface area contributed by atoms with Crippen molar-refractivity contribution >= 4 is 22.2 Å². The Bertz CT molecular complexity index is 1570. The average Bonchev–Trinajstić information content (AvgIpc) is 3.61. The first kappa shape index (κ1) is 26.8. The summed E-state index contributed by atoms with van der Waals surface area (Å²) < 4.78 is 7.58. The lowest BCUT2D eigenvalue weighted by atomic mass is 10.0. The molecule has 0 aliphatic heterocycles. The highest BCUT2D eigenvalue weighted by Crippen LogP contribution is 2.32. The Labute approximate surface area is 232 Å². The molecule has 3 aromatic heterocycles. The van der Waals surface area contributed by atoms with E-state index in [0.29, 0.717) is 31.1 Å². The van der Waals surface area contributed by atoms with E-state index in [0.717, 1.165) is 23.1 Å². The Morgan fingerprint density at radius 1 is 1.08 bits per heavy atom. The maximum Gasteiger partial charge on any atom is 0.253 e. The molecule has 5 aromatic rings. The van der Waals surface area contributed by atoms with Crippen molar-refractivity contribution in [3.63, 3.8) is 0 Å². The van der Waals surface area contributed by atoms with E-state index in [9.17, 15) is 4.79 Å². The molecule has 0 aliphatic rings. The van der Waals surface area contributed by atoms with Gasteiger partial charge in [0.15, 0.2) is 5.82 Å². The molecule has 2 aromatic carbocycles. The molecule has 9 heteroatoms. The Morgan fingerprint density at radius 3 is 2.62 bits per heavy atom. The number of benzene rings is 2. The zero-order chi connectivity index (χ0) is 27.4. The van der Waals surface area contributed by atoms with E-state index in [1.165, 1.54) is 10.4 Å². The summed E-state index contributed by atoms with van der Waals surface area (Å²) in [5, 5.41) is 15.9. The van der Waals surface area contributed by atoms with Crippen molar-refractivity contribution in [1.29, 1.82) is 0 Å². The van der Waals surface area contributed by atoms with Gasteiger partial charge in [-0.3, -0.25) is 9.69 Å². The molecule has 202 valence electrons. The molecule has 0 spiro atoms. The van der Waals surface area contributed by atoms with Gasteiger partial charge in [-0.15, -0.1) is 16.4 Å². The third kappa shape index (κ3) is 6.10. The number of aromatic nitrogens is 5. The van der Waals surface area contributed by atoms with E-state index >= 15 is 0 Å². The molecule has 0 bridgehead atoms. The summed E-state index contributed by atoms with van der Waals surface area (Å²) in [6.07, 6.45) is 0.819. The molecule has 0 radical (unpaired) electrons. The lowest BCUT2D eigenvalue weighted by Crippen LogP contribution is -2.38. The lowest BCUT2D eigenvalue weighted by molar-refractivity contribution is 0.196. The van der Waals surface area contributed by atoms with Gasteiger partial charge < -0.3 is 9.72 Å². The van der Waals surface area contributed by atoms with Crippen LogP contribution in [-0.4, -0.2) is 43.2 Å². The van der Waals surface area contributed by atoms with Crippen LogP contribution in [0.2, 0.25) is 0 Å². The van der Waals surface area contributed by atoms with Crippen molar-refractivity contribution in [1.82, 2.24) is 30.1 Å². The van der Waals surface area contributed by atoms with E-state index in [2.05, 4.69) is 88.0 Å². The van der Waals surface area contributed by atoms with Gasteiger partial charge in [0.25, 0.3) is 5.56 Å². The number of fused-ring (bicyclic) bond motifs is 1. The van der Waals surface area contributed by atoms with Crippen molar-refractivity contribution in [2.75, 3.05) is 13.2 Å². The van der Waals surface area contributed by atoms with E-state index in [4.69, 9.17) is 4.74 Å². The highest BCUT2D eigenvalue weighted by molar-refractivity contribution is 7.09. The second-order valence-corrected chi connectivity index (χ2v) is 11.6. The second-order valence-electron chi connectivity index (χ2n) is 10.5. The van der Waals surface area contributed by atoms with Crippen LogP contribution in [0.4, 0.5) is 0 Å². The fourth-order valence-electron chi connectivity index (χ4n) is 4.82. The van der Waals surface area contributed by atoms with Gasteiger partial charge in [-0.25, -0.2) is 4.68 Å². The summed E-state index contributed by atoms with van der Waals surface area (Å²) in [7, 11) is 0. The highest BCUT2D eigenvalue weighted by Gasteiger charge is 2.33. The monoisotopic (exact) mass is 542 g/mol. The van der Waals surface area contributed by atoms with Crippen LogP contribution in [0, 0.1) is 0 Å². The quantitative estimate of drug-likeness (QED) is 0.248. The van der Waals surface area contributed by atoms with Crippen molar-refractivity contribution in [2.24, 2.45) is 0 Å². The lowest BCUT2D eigenvalue weighted by Gasteiger charge is -2.32. The number of nitrogens with zero attached hydrogens (tertiary/aromatic N) is 5. The maximum atomic E-state index is 13.7. The van der Waals surface area contributed by atoms with Gasteiger partial charge >= 0.3 is 0 Å². The number of rotatable bonds is 10. The minimum atomic E-state index is -0.478. The first-order chi connectivity index (χ1) is 18.8. The molecular formula is C30H34N6O2S. The molecule has 1 N–H and O–H groups in total. The molecule has 39 heavy (non-hydrogen) atoms. The number of nitrogens with one attached hydrogen (secondary N) is 1. The summed E-state index contributed by atoms with van der Waals surface area (Å²) in [6.45, 7) is 10.1. The van der Waals surface area contributed by atoms with Crippen molar-refractivity contribution < 1.29 is 4.74 Å². The summed E-state index contributed by atoms with van der Waals surface area (Å²) in [5.74, 6) is 1.40. The van der Waals surface area contributed by atoms with Crippen molar-refractivity contribution in [2.45, 2.75) is 52.2 Å². The Kier molecular flexibility index (Phi) is 7.90. The molecule has 0 saturated carbocycles. The third-order valence-corrected chi connectivity index (χ3v) is 7.52. The molecule has 5 rings (SSSR count). The summed E-state index contributed by atoms with van der Waals surface area (Å²) >= 11 is 1.70. The van der Waals surface area contributed by atoms with Gasteiger partial charge in [-0.2, -0.15) is 0 Å². The van der Waals surface area contributed by atoms with Gasteiger partial charge in [0, 0.05) is 34.4 Å². The van der Waals surface area contributed by atoms with Crippen LogP contribution in [0.1, 0.15) is 55.6 Å². The second kappa shape index (κ2) is 11.5.